The first kappa shape index (κ1) is 21.4. The molecule has 2 aromatic rings. The molecule has 4 nitrogen and oxygen atoms in total. The number of hydrogen-bond donors (Lipinski definition) is 0. The number of aromatic nitrogens is 1. The van der Waals surface area contributed by atoms with Crippen LogP contribution in [0.3, 0.4) is 0 Å². The summed E-state index contributed by atoms with van der Waals surface area (Å²) in [6.45, 7) is 1.69. The number of rotatable bonds is 6. The molecule has 7 heteroatoms. The molecule has 0 saturated heterocycles. The quantitative estimate of drug-likeness (QED) is 0.647. The Morgan fingerprint density at radius 3 is 2.65 bits per heavy atom. The molecule has 144 valence electrons. The molecule has 0 aliphatic heterocycles. The molecule has 1 fully saturated rings. The SMILES string of the molecule is CN(C)CCCN(C(=O)C1CCCCC1)c1nc2cc(Cl)ccc2s1.Cl. The predicted octanol–water partition coefficient (Wildman–Crippen LogP) is 5.24. The Morgan fingerprint density at radius 2 is 1.96 bits per heavy atom. The minimum Gasteiger partial charge on any atom is -0.309 e. The highest BCUT2D eigenvalue weighted by atomic mass is 35.5. The Labute approximate surface area is 170 Å². The van der Waals surface area contributed by atoms with Crippen molar-refractivity contribution >= 4 is 56.6 Å². The van der Waals surface area contributed by atoms with Gasteiger partial charge in [0.05, 0.1) is 10.2 Å². The van der Waals surface area contributed by atoms with Crippen LogP contribution in [0.4, 0.5) is 5.13 Å². The average Bonchev–Trinajstić information content (AvgIpc) is 3.01. The fraction of sp³-hybridized carbons (Fsp3) is 0.579. The summed E-state index contributed by atoms with van der Waals surface area (Å²) < 4.78 is 1.08. The number of thiazole rings is 1. The minimum atomic E-state index is 0. The minimum absolute atomic E-state index is 0. The van der Waals surface area contributed by atoms with E-state index >= 15 is 0 Å². The smallest absolute Gasteiger partial charge is 0.231 e. The number of fused-ring (bicyclic) bond motifs is 1. The van der Waals surface area contributed by atoms with Crippen molar-refractivity contribution in [2.45, 2.75) is 38.5 Å². The van der Waals surface area contributed by atoms with E-state index in [9.17, 15) is 4.79 Å². The van der Waals surface area contributed by atoms with Crippen molar-refractivity contribution in [3.8, 4) is 0 Å². The summed E-state index contributed by atoms with van der Waals surface area (Å²) in [6.07, 6.45) is 6.56. The molecule has 0 spiro atoms. The van der Waals surface area contributed by atoms with Gasteiger partial charge in [0.2, 0.25) is 5.91 Å². The summed E-state index contributed by atoms with van der Waals surface area (Å²) in [5, 5.41) is 1.49. The van der Waals surface area contributed by atoms with Crippen molar-refractivity contribution < 1.29 is 4.79 Å². The Morgan fingerprint density at radius 1 is 1.23 bits per heavy atom. The van der Waals surface area contributed by atoms with Crippen molar-refractivity contribution in [3.05, 3.63) is 23.2 Å². The van der Waals surface area contributed by atoms with Gasteiger partial charge in [-0.15, -0.1) is 12.4 Å². The molecule has 0 N–H and O–H groups in total. The molecule has 1 aromatic heterocycles. The van der Waals surface area contributed by atoms with Crippen LogP contribution in [0.2, 0.25) is 5.02 Å². The van der Waals surface area contributed by atoms with Gasteiger partial charge in [-0.05, 0) is 58.1 Å². The predicted molar refractivity (Wildman–Crippen MR) is 114 cm³/mol. The molecule has 0 unspecified atom stereocenters. The summed E-state index contributed by atoms with van der Waals surface area (Å²) in [5.74, 6) is 0.410. The molecule has 0 atom stereocenters. The second-order valence-corrected chi connectivity index (χ2v) is 8.54. The molecule has 0 bridgehead atoms. The number of anilines is 1. The highest BCUT2D eigenvalue weighted by molar-refractivity contribution is 7.22. The zero-order valence-electron chi connectivity index (χ0n) is 15.4. The van der Waals surface area contributed by atoms with E-state index in [2.05, 4.69) is 19.0 Å². The third kappa shape index (κ3) is 5.32. The third-order valence-corrected chi connectivity index (χ3v) is 6.07. The van der Waals surface area contributed by atoms with Crippen LogP contribution in [-0.4, -0.2) is 43.0 Å². The standard InChI is InChI=1S/C19H26ClN3OS.ClH/c1-22(2)11-6-12-23(18(24)14-7-4-3-5-8-14)19-21-16-13-15(20)9-10-17(16)25-19;/h9-10,13-14H,3-8,11-12H2,1-2H3;1H. The molecule has 26 heavy (non-hydrogen) atoms. The monoisotopic (exact) mass is 415 g/mol. The maximum absolute atomic E-state index is 13.2. The highest BCUT2D eigenvalue weighted by Gasteiger charge is 2.28. The summed E-state index contributed by atoms with van der Waals surface area (Å²) in [7, 11) is 4.12. The van der Waals surface area contributed by atoms with E-state index in [0.29, 0.717) is 5.02 Å². The Balaban J connectivity index is 0.00000243. The van der Waals surface area contributed by atoms with E-state index in [1.165, 1.54) is 6.42 Å². The number of benzene rings is 1. The molecule has 0 radical (unpaired) electrons. The lowest BCUT2D eigenvalue weighted by Gasteiger charge is -2.28. The molecule has 1 aliphatic carbocycles. The van der Waals surface area contributed by atoms with E-state index in [1.54, 1.807) is 11.3 Å². The van der Waals surface area contributed by atoms with Gasteiger partial charge in [-0.1, -0.05) is 42.2 Å². The van der Waals surface area contributed by atoms with Crippen LogP contribution in [0.25, 0.3) is 10.2 Å². The number of carbonyl (C=O) groups is 1. The second kappa shape index (κ2) is 9.88. The van der Waals surface area contributed by atoms with Gasteiger partial charge in [-0.25, -0.2) is 4.98 Å². The maximum Gasteiger partial charge on any atom is 0.231 e. The largest absolute Gasteiger partial charge is 0.309 e. The summed E-state index contributed by atoms with van der Waals surface area (Å²) >= 11 is 7.68. The third-order valence-electron chi connectivity index (χ3n) is 4.78. The first-order valence-electron chi connectivity index (χ1n) is 9.07. The van der Waals surface area contributed by atoms with Crippen molar-refractivity contribution in [3.63, 3.8) is 0 Å². The Bertz CT molecular complexity index is 729. The van der Waals surface area contributed by atoms with Crippen LogP contribution in [0, 0.1) is 5.92 Å². The van der Waals surface area contributed by atoms with Gasteiger partial charge in [0.15, 0.2) is 5.13 Å². The summed E-state index contributed by atoms with van der Waals surface area (Å²) in [4.78, 5) is 22.0. The van der Waals surface area contributed by atoms with Crippen molar-refractivity contribution in [2.24, 2.45) is 5.92 Å². The number of amides is 1. The molecular formula is C19H27Cl2N3OS. The van der Waals surface area contributed by atoms with Crippen molar-refractivity contribution in [1.29, 1.82) is 0 Å². The number of halogens is 2. The van der Waals surface area contributed by atoms with E-state index in [1.807, 2.05) is 23.1 Å². The van der Waals surface area contributed by atoms with E-state index in [4.69, 9.17) is 16.6 Å². The van der Waals surface area contributed by atoms with E-state index in [0.717, 1.165) is 60.5 Å². The lowest BCUT2D eigenvalue weighted by Crippen LogP contribution is -2.38. The molecule has 1 saturated carbocycles. The van der Waals surface area contributed by atoms with Crippen LogP contribution < -0.4 is 4.90 Å². The summed E-state index contributed by atoms with van der Waals surface area (Å²) in [5.41, 5.74) is 0.876. The molecule has 3 rings (SSSR count). The van der Waals surface area contributed by atoms with Crippen LogP contribution in [0.5, 0.6) is 0 Å². The Hall–Kier alpha value is -0.880. The van der Waals surface area contributed by atoms with E-state index < -0.39 is 0 Å². The molecule has 1 aromatic carbocycles. The number of nitrogens with zero attached hydrogens (tertiary/aromatic N) is 3. The first-order valence-corrected chi connectivity index (χ1v) is 10.3. The zero-order chi connectivity index (χ0) is 17.8. The van der Waals surface area contributed by atoms with Gasteiger partial charge < -0.3 is 4.90 Å². The molecule has 1 amide bonds. The lowest BCUT2D eigenvalue weighted by atomic mass is 9.88. The second-order valence-electron chi connectivity index (χ2n) is 7.09. The molecular weight excluding hydrogens is 389 g/mol. The van der Waals surface area contributed by atoms with Crippen LogP contribution in [0.1, 0.15) is 38.5 Å². The van der Waals surface area contributed by atoms with Gasteiger partial charge in [0, 0.05) is 17.5 Å². The van der Waals surface area contributed by atoms with Gasteiger partial charge in [-0.3, -0.25) is 9.69 Å². The number of hydrogen-bond acceptors (Lipinski definition) is 4. The van der Waals surface area contributed by atoms with E-state index in [-0.39, 0.29) is 24.2 Å². The van der Waals surface area contributed by atoms with Gasteiger partial charge in [0.1, 0.15) is 0 Å². The van der Waals surface area contributed by atoms with Gasteiger partial charge >= 0.3 is 0 Å². The topological polar surface area (TPSA) is 36.4 Å². The Kier molecular flexibility index (Phi) is 8.14. The highest BCUT2D eigenvalue weighted by Crippen LogP contribution is 2.33. The van der Waals surface area contributed by atoms with Crippen molar-refractivity contribution in [1.82, 2.24) is 9.88 Å². The molecule has 1 aliphatic rings. The fourth-order valence-electron chi connectivity index (χ4n) is 3.42. The van der Waals surface area contributed by atoms with Gasteiger partial charge in [-0.2, -0.15) is 0 Å². The van der Waals surface area contributed by atoms with Crippen molar-refractivity contribution in [2.75, 3.05) is 32.1 Å². The fourth-order valence-corrected chi connectivity index (χ4v) is 4.56. The number of carbonyl (C=O) groups excluding carboxylic acids is 1. The molecule has 1 heterocycles. The van der Waals surface area contributed by atoms with Gasteiger partial charge in [0.25, 0.3) is 0 Å². The lowest BCUT2D eigenvalue weighted by molar-refractivity contribution is -0.123. The van der Waals surface area contributed by atoms with Crippen LogP contribution in [0.15, 0.2) is 18.2 Å². The average molecular weight is 416 g/mol. The zero-order valence-corrected chi connectivity index (χ0v) is 17.8. The maximum atomic E-state index is 13.2. The van der Waals surface area contributed by atoms with Crippen LogP contribution in [-0.2, 0) is 4.79 Å². The van der Waals surface area contributed by atoms with Crippen LogP contribution >= 0.6 is 35.3 Å². The summed E-state index contributed by atoms with van der Waals surface area (Å²) in [6, 6.07) is 5.74. The normalized spacial score (nSPS) is 15.2. The first-order chi connectivity index (χ1) is 12.0.